The van der Waals surface area contributed by atoms with Crippen LogP contribution in [-0.2, 0) is 4.79 Å². The van der Waals surface area contributed by atoms with E-state index in [1.807, 2.05) is 0 Å². The summed E-state index contributed by atoms with van der Waals surface area (Å²) in [6, 6.07) is 4.59. The highest BCUT2D eigenvalue weighted by Crippen LogP contribution is 2.27. The molecule has 1 aromatic carbocycles. The number of hydrogen-bond donors (Lipinski definition) is 1. The van der Waals surface area contributed by atoms with Crippen molar-refractivity contribution in [2.75, 3.05) is 13.1 Å². The molecule has 0 saturated carbocycles. The maximum absolute atomic E-state index is 12.7. The van der Waals surface area contributed by atoms with Crippen molar-refractivity contribution in [2.45, 2.75) is 32.6 Å². The molecular formula is C16H20N2O5. The summed E-state index contributed by atoms with van der Waals surface area (Å²) in [4.78, 5) is 35.7. The average molecular weight is 320 g/mol. The number of aryl methyl sites for hydroxylation is 1. The van der Waals surface area contributed by atoms with E-state index in [1.165, 1.54) is 6.07 Å². The fraction of sp³-hybridized carbons (Fsp3) is 0.500. The molecule has 1 N–H and O–H groups in total. The minimum atomic E-state index is -0.844. The number of carboxylic acids is 1. The van der Waals surface area contributed by atoms with Gasteiger partial charge in [-0.2, -0.15) is 0 Å². The van der Waals surface area contributed by atoms with Crippen molar-refractivity contribution < 1.29 is 19.6 Å². The molecule has 1 unspecified atom stereocenters. The number of likely N-dealkylation sites (tertiary alicyclic amines) is 1. The molecule has 1 saturated heterocycles. The molecule has 0 bridgehead atoms. The third-order valence-corrected chi connectivity index (χ3v) is 4.23. The first-order valence-corrected chi connectivity index (χ1v) is 7.65. The summed E-state index contributed by atoms with van der Waals surface area (Å²) in [5, 5.41) is 19.9. The Morgan fingerprint density at radius 3 is 2.83 bits per heavy atom. The van der Waals surface area contributed by atoms with Gasteiger partial charge in [-0.25, -0.2) is 0 Å². The number of aliphatic carboxylic acids is 1. The minimum Gasteiger partial charge on any atom is -0.481 e. The maximum atomic E-state index is 12.7. The summed E-state index contributed by atoms with van der Waals surface area (Å²) in [5.41, 5.74) is 0.538. The van der Waals surface area contributed by atoms with Crippen LogP contribution < -0.4 is 0 Å². The number of amides is 1. The lowest BCUT2D eigenvalue weighted by Crippen LogP contribution is -2.40. The van der Waals surface area contributed by atoms with Crippen molar-refractivity contribution in [1.82, 2.24) is 4.90 Å². The molecule has 1 aliphatic rings. The second-order valence-corrected chi connectivity index (χ2v) is 5.92. The third kappa shape index (κ3) is 4.06. The molecule has 1 amide bonds. The smallest absolute Gasteiger partial charge is 0.303 e. The molecule has 0 spiro atoms. The van der Waals surface area contributed by atoms with E-state index in [0.29, 0.717) is 25.1 Å². The van der Waals surface area contributed by atoms with Crippen LogP contribution in [-0.4, -0.2) is 39.9 Å². The predicted molar refractivity (Wildman–Crippen MR) is 83.3 cm³/mol. The number of piperidine rings is 1. The molecule has 23 heavy (non-hydrogen) atoms. The molecule has 0 radical (unpaired) electrons. The van der Waals surface area contributed by atoms with Crippen LogP contribution in [0.4, 0.5) is 5.69 Å². The van der Waals surface area contributed by atoms with Gasteiger partial charge in [-0.1, -0.05) is 12.1 Å². The van der Waals surface area contributed by atoms with E-state index in [4.69, 9.17) is 5.11 Å². The largest absolute Gasteiger partial charge is 0.481 e. The van der Waals surface area contributed by atoms with Crippen molar-refractivity contribution in [2.24, 2.45) is 5.92 Å². The standard InChI is InChI=1S/C16H20N2O5/c1-11-4-2-6-13(18(22)23)15(11)16(21)17-9-3-5-12(10-17)7-8-14(19)20/h2,4,6,12H,3,5,7-10H2,1H3,(H,19,20). The number of carbonyl (C=O) groups is 2. The maximum Gasteiger partial charge on any atom is 0.303 e. The van der Waals surface area contributed by atoms with Gasteiger partial charge in [0.1, 0.15) is 5.56 Å². The van der Waals surface area contributed by atoms with Crippen LogP contribution in [0, 0.1) is 23.0 Å². The van der Waals surface area contributed by atoms with Gasteiger partial charge in [0.2, 0.25) is 0 Å². The molecule has 0 aromatic heterocycles. The first-order chi connectivity index (χ1) is 10.9. The Hall–Kier alpha value is -2.44. The molecule has 1 aromatic rings. The molecule has 7 heteroatoms. The van der Waals surface area contributed by atoms with Gasteiger partial charge in [-0.15, -0.1) is 0 Å². The molecule has 1 atom stereocenters. The van der Waals surface area contributed by atoms with E-state index in [-0.39, 0.29) is 29.5 Å². The SMILES string of the molecule is Cc1cccc([N+](=O)[O-])c1C(=O)N1CCCC(CCC(=O)O)C1. The second kappa shape index (κ2) is 7.21. The van der Waals surface area contributed by atoms with Crippen LogP contribution in [0.5, 0.6) is 0 Å². The van der Waals surface area contributed by atoms with E-state index < -0.39 is 10.9 Å². The molecular weight excluding hydrogens is 300 g/mol. The van der Waals surface area contributed by atoms with Crippen LogP contribution >= 0.6 is 0 Å². The van der Waals surface area contributed by atoms with Crippen molar-refractivity contribution in [3.63, 3.8) is 0 Å². The lowest BCUT2D eigenvalue weighted by molar-refractivity contribution is -0.385. The van der Waals surface area contributed by atoms with E-state index in [0.717, 1.165) is 12.8 Å². The monoisotopic (exact) mass is 320 g/mol. The number of nitro benzene ring substituents is 1. The van der Waals surface area contributed by atoms with Gasteiger partial charge in [0, 0.05) is 25.6 Å². The van der Waals surface area contributed by atoms with E-state index in [2.05, 4.69) is 0 Å². The van der Waals surface area contributed by atoms with Crippen molar-refractivity contribution in [1.29, 1.82) is 0 Å². The Bertz CT molecular complexity index is 629. The van der Waals surface area contributed by atoms with E-state index >= 15 is 0 Å². The Balaban J connectivity index is 2.17. The molecule has 2 rings (SSSR count). The zero-order valence-corrected chi connectivity index (χ0v) is 13.0. The molecule has 1 heterocycles. The highest BCUT2D eigenvalue weighted by molar-refractivity contribution is 5.99. The quantitative estimate of drug-likeness (QED) is 0.664. The highest BCUT2D eigenvalue weighted by Gasteiger charge is 2.30. The van der Waals surface area contributed by atoms with E-state index in [1.54, 1.807) is 24.0 Å². The molecule has 1 fully saturated rings. The summed E-state index contributed by atoms with van der Waals surface area (Å²) < 4.78 is 0. The number of rotatable bonds is 5. The van der Waals surface area contributed by atoms with Crippen LogP contribution in [0.3, 0.4) is 0 Å². The van der Waals surface area contributed by atoms with Gasteiger partial charge >= 0.3 is 5.97 Å². The summed E-state index contributed by atoms with van der Waals surface area (Å²) in [6.07, 6.45) is 2.27. The molecule has 0 aliphatic carbocycles. The van der Waals surface area contributed by atoms with Crippen molar-refractivity contribution in [3.05, 3.63) is 39.4 Å². The summed E-state index contributed by atoms with van der Waals surface area (Å²) >= 11 is 0. The highest BCUT2D eigenvalue weighted by atomic mass is 16.6. The normalized spacial score (nSPS) is 17.8. The van der Waals surface area contributed by atoms with Crippen molar-refractivity contribution >= 4 is 17.6 Å². The van der Waals surface area contributed by atoms with Gasteiger partial charge in [0.25, 0.3) is 11.6 Å². The van der Waals surface area contributed by atoms with Crippen molar-refractivity contribution in [3.8, 4) is 0 Å². The van der Waals surface area contributed by atoms with Gasteiger partial charge in [-0.05, 0) is 37.7 Å². The Morgan fingerprint density at radius 1 is 1.43 bits per heavy atom. The van der Waals surface area contributed by atoms with Gasteiger partial charge in [0.05, 0.1) is 4.92 Å². The fourth-order valence-corrected chi connectivity index (χ4v) is 3.05. The average Bonchev–Trinajstić information content (AvgIpc) is 2.52. The summed E-state index contributed by atoms with van der Waals surface area (Å²) in [6.45, 7) is 2.69. The molecule has 7 nitrogen and oxygen atoms in total. The number of nitrogens with zero attached hydrogens (tertiary/aromatic N) is 2. The zero-order valence-electron chi connectivity index (χ0n) is 13.0. The van der Waals surface area contributed by atoms with Gasteiger partial charge < -0.3 is 10.0 Å². The Kier molecular flexibility index (Phi) is 5.31. The Labute approximate surface area is 134 Å². The van der Waals surface area contributed by atoms with E-state index in [9.17, 15) is 19.7 Å². The van der Waals surface area contributed by atoms with Gasteiger partial charge in [-0.3, -0.25) is 19.7 Å². The predicted octanol–water partition coefficient (Wildman–Crippen LogP) is 2.62. The lowest BCUT2D eigenvalue weighted by atomic mass is 9.92. The van der Waals surface area contributed by atoms with Gasteiger partial charge in [0.15, 0.2) is 0 Å². The number of nitro groups is 1. The number of carboxylic acid groups (broad SMARTS) is 1. The first-order valence-electron chi connectivity index (χ1n) is 7.65. The third-order valence-electron chi connectivity index (χ3n) is 4.23. The molecule has 1 aliphatic heterocycles. The van der Waals surface area contributed by atoms with Crippen LogP contribution in [0.2, 0.25) is 0 Å². The summed E-state index contributed by atoms with van der Waals surface area (Å²) in [7, 11) is 0. The Morgan fingerprint density at radius 2 is 2.17 bits per heavy atom. The minimum absolute atomic E-state index is 0.0806. The van der Waals surface area contributed by atoms with Crippen LogP contribution in [0.15, 0.2) is 18.2 Å². The lowest BCUT2D eigenvalue weighted by Gasteiger charge is -2.32. The first kappa shape index (κ1) is 16.9. The molecule has 124 valence electrons. The second-order valence-electron chi connectivity index (χ2n) is 5.92. The fourth-order valence-electron chi connectivity index (χ4n) is 3.05. The van der Waals surface area contributed by atoms with Crippen LogP contribution in [0.1, 0.15) is 41.6 Å². The number of carbonyl (C=O) groups excluding carboxylic acids is 1. The topological polar surface area (TPSA) is 101 Å². The summed E-state index contributed by atoms with van der Waals surface area (Å²) in [5.74, 6) is -1.05. The number of benzene rings is 1. The zero-order chi connectivity index (χ0) is 17.0. The van der Waals surface area contributed by atoms with Crippen LogP contribution in [0.25, 0.3) is 0 Å². The number of hydrogen-bond acceptors (Lipinski definition) is 4.